The van der Waals surface area contributed by atoms with Crippen molar-refractivity contribution in [2.45, 2.75) is 26.2 Å². The van der Waals surface area contributed by atoms with Crippen molar-refractivity contribution in [1.29, 1.82) is 0 Å². The van der Waals surface area contributed by atoms with E-state index in [0.29, 0.717) is 11.3 Å². The number of ether oxygens (including phenoxy) is 2. The molecule has 1 aromatic rings. The normalized spacial score (nSPS) is 11.6. The Morgan fingerprint density at radius 1 is 1.26 bits per heavy atom. The minimum absolute atomic E-state index is 0.147. The van der Waals surface area contributed by atoms with Gasteiger partial charge in [-0.2, -0.15) is 0 Å². The Morgan fingerprint density at radius 2 is 1.89 bits per heavy atom. The zero-order chi connectivity index (χ0) is 14.6. The molecule has 0 spiro atoms. The molecule has 0 saturated heterocycles. The molecular formula is C15H20O4. The molecule has 0 fully saturated rings. The smallest absolute Gasteiger partial charge is 0.330 e. The van der Waals surface area contributed by atoms with E-state index in [-0.39, 0.29) is 11.2 Å². The van der Waals surface area contributed by atoms with Gasteiger partial charge in [-0.15, -0.1) is 0 Å². The highest BCUT2D eigenvalue weighted by Crippen LogP contribution is 2.37. The molecule has 0 aromatic heterocycles. The molecule has 0 aliphatic carbocycles. The largest absolute Gasteiger partial charge is 0.507 e. The van der Waals surface area contributed by atoms with Gasteiger partial charge in [0.25, 0.3) is 0 Å². The lowest BCUT2D eigenvalue weighted by atomic mass is 9.85. The second kappa shape index (κ2) is 5.78. The first-order valence-corrected chi connectivity index (χ1v) is 5.97. The van der Waals surface area contributed by atoms with Gasteiger partial charge < -0.3 is 14.6 Å². The molecule has 0 unspecified atom stereocenters. The van der Waals surface area contributed by atoms with Crippen molar-refractivity contribution in [3.63, 3.8) is 0 Å². The van der Waals surface area contributed by atoms with Gasteiger partial charge in [-0.25, -0.2) is 4.79 Å². The molecule has 0 amide bonds. The van der Waals surface area contributed by atoms with Gasteiger partial charge in [-0.1, -0.05) is 20.8 Å². The summed E-state index contributed by atoms with van der Waals surface area (Å²) in [7, 11) is 2.87. The van der Waals surface area contributed by atoms with Gasteiger partial charge >= 0.3 is 5.97 Å². The maximum Gasteiger partial charge on any atom is 0.330 e. The molecule has 0 heterocycles. The van der Waals surface area contributed by atoms with Gasteiger partial charge in [-0.05, 0) is 23.6 Å². The molecule has 0 saturated carbocycles. The van der Waals surface area contributed by atoms with E-state index in [9.17, 15) is 9.90 Å². The quantitative estimate of drug-likeness (QED) is 0.673. The number of phenolic OH excluding ortho intramolecular Hbond substituents is 1. The number of rotatable bonds is 3. The molecule has 4 heteroatoms. The summed E-state index contributed by atoms with van der Waals surface area (Å²) < 4.78 is 9.74. The number of hydrogen-bond acceptors (Lipinski definition) is 4. The number of aromatic hydroxyl groups is 1. The van der Waals surface area contributed by atoms with Gasteiger partial charge in [0.1, 0.15) is 11.5 Å². The summed E-state index contributed by atoms with van der Waals surface area (Å²) in [6.07, 6.45) is 2.78. The molecule has 0 atom stereocenters. The second-order valence-corrected chi connectivity index (χ2v) is 5.22. The first-order chi connectivity index (χ1) is 8.79. The maximum atomic E-state index is 11.1. The average Bonchev–Trinajstić information content (AvgIpc) is 2.35. The van der Waals surface area contributed by atoms with Gasteiger partial charge in [0, 0.05) is 17.2 Å². The van der Waals surface area contributed by atoms with Crippen LogP contribution in [0.1, 0.15) is 31.9 Å². The summed E-state index contributed by atoms with van der Waals surface area (Å²) in [6, 6.07) is 3.47. The van der Waals surface area contributed by atoms with E-state index in [4.69, 9.17) is 4.74 Å². The minimum Gasteiger partial charge on any atom is -0.507 e. The molecular weight excluding hydrogens is 244 g/mol. The van der Waals surface area contributed by atoms with E-state index in [1.807, 2.05) is 20.8 Å². The van der Waals surface area contributed by atoms with E-state index >= 15 is 0 Å². The molecule has 19 heavy (non-hydrogen) atoms. The summed E-state index contributed by atoms with van der Waals surface area (Å²) in [5.74, 6) is 0.306. The highest BCUT2D eigenvalue weighted by Gasteiger charge is 2.21. The first-order valence-electron chi connectivity index (χ1n) is 5.97. The molecule has 1 aromatic carbocycles. The predicted molar refractivity (Wildman–Crippen MR) is 74.4 cm³/mol. The Labute approximate surface area is 113 Å². The van der Waals surface area contributed by atoms with Crippen LogP contribution in [0.25, 0.3) is 6.08 Å². The van der Waals surface area contributed by atoms with Gasteiger partial charge in [0.15, 0.2) is 0 Å². The van der Waals surface area contributed by atoms with Crippen molar-refractivity contribution < 1.29 is 19.4 Å². The van der Waals surface area contributed by atoms with E-state index in [0.717, 1.165) is 5.56 Å². The number of carbonyl (C=O) groups excluding carboxylic acids is 1. The van der Waals surface area contributed by atoms with E-state index < -0.39 is 5.97 Å². The fourth-order valence-corrected chi connectivity index (χ4v) is 1.67. The van der Waals surface area contributed by atoms with Crippen molar-refractivity contribution in [3.05, 3.63) is 29.3 Å². The number of esters is 1. The number of benzene rings is 1. The molecule has 4 nitrogen and oxygen atoms in total. The number of carbonyl (C=O) groups is 1. The molecule has 0 radical (unpaired) electrons. The SMILES string of the molecule is COC(=O)/C=C/c1cc(OC)cc(C(C)(C)C)c1O. The zero-order valence-electron chi connectivity index (χ0n) is 12.0. The van der Waals surface area contributed by atoms with Crippen molar-refractivity contribution in [1.82, 2.24) is 0 Å². The Balaban J connectivity index is 3.32. The van der Waals surface area contributed by atoms with Gasteiger partial charge in [0.2, 0.25) is 0 Å². The summed E-state index contributed by atoms with van der Waals surface area (Å²) in [5.41, 5.74) is 1.05. The van der Waals surface area contributed by atoms with Crippen LogP contribution >= 0.6 is 0 Å². The van der Waals surface area contributed by atoms with Crippen LogP contribution in [0.2, 0.25) is 0 Å². The lowest BCUT2D eigenvalue weighted by molar-refractivity contribution is -0.134. The third-order valence-electron chi connectivity index (χ3n) is 2.76. The monoisotopic (exact) mass is 264 g/mol. The molecule has 1 N–H and O–H groups in total. The van der Waals surface area contributed by atoms with Crippen LogP contribution < -0.4 is 4.74 Å². The van der Waals surface area contributed by atoms with Crippen LogP contribution in [-0.2, 0) is 14.9 Å². The third-order valence-corrected chi connectivity index (χ3v) is 2.76. The number of methoxy groups -OCH3 is 2. The predicted octanol–water partition coefficient (Wildman–Crippen LogP) is 2.88. The van der Waals surface area contributed by atoms with Crippen LogP contribution in [0.4, 0.5) is 0 Å². The first kappa shape index (κ1) is 15.1. The van der Waals surface area contributed by atoms with Crippen LogP contribution in [-0.4, -0.2) is 25.3 Å². The zero-order valence-corrected chi connectivity index (χ0v) is 12.0. The van der Waals surface area contributed by atoms with Crippen molar-refractivity contribution >= 4 is 12.0 Å². The van der Waals surface area contributed by atoms with Gasteiger partial charge in [-0.3, -0.25) is 0 Å². The number of phenols is 1. The van der Waals surface area contributed by atoms with E-state index in [1.54, 1.807) is 19.2 Å². The topological polar surface area (TPSA) is 55.8 Å². The van der Waals surface area contributed by atoms with Crippen LogP contribution in [0.15, 0.2) is 18.2 Å². The Morgan fingerprint density at radius 3 is 2.37 bits per heavy atom. The highest BCUT2D eigenvalue weighted by atomic mass is 16.5. The third kappa shape index (κ3) is 3.74. The molecule has 104 valence electrons. The van der Waals surface area contributed by atoms with Crippen molar-refractivity contribution in [2.75, 3.05) is 14.2 Å². The Kier molecular flexibility index (Phi) is 4.59. The fraction of sp³-hybridized carbons (Fsp3) is 0.400. The minimum atomic E-state index is -0.473. The van der Waals surface area contributed by atoms with Gasteiger partial charge in [0.05, 0.1) is 14.2 Å². The van der Waals surface area contributed by atoms with Crippen LogP contribution in [0.5, 0.6) is 11.5 Å². The number of hydrogen-bond donors (Lipinski definition) is 1. The lowest BCUT2D eigenvalue weighted by Crippen LogP contribution is -2.12. The summed E-state index contributed by atoms with van der Waals surface area (Å²) in [4.78, 5) is 11.1. The molecule has 0 aliphatic rings. The lowest BCUT2D eigenvalue weighted by Gasteiger charge is -2.22. The summed E-state index contributed by atoms with van der Waals surface area (Å²) in [6.45, 7) is 5.99. The Bertz CT molecular complexity index is 496. The molecule has 0 bridgehead atoms. The van der Waals surface area contributed by atoms with Crippen LogP contribution in [0.3, 0.4) is 0 Å². The molecule has 0 aliphatic heterocycles. The average molecular weight is 264 g/mol. The van der Waals surface area contributed by atoms with E-state index in [2.05, 4.69) is 4.74 Å². The second-order valence-electron chi connectivity index (χ2n) is 5.22. The Hall–Kier alpha value is -1.97. The van der Waals surface area contributed by atoms with Crippen molar-refractivity contribution in [2.24, 2.45) is 0 Å². The maximum absolute atomic E-state index is 11.1. The highest BCUT2D eigenvalue weighted by molar-refractivity contribution is 5.87. The standard InChI is InChI=1S/C15H20O4/c1-15(2,3)12-9-11(18-4)8-10(14(12)17)6-7-13(16)19-5/h6-9,17H,1-5H3/b7-6+. The van der Waals surface area contributed by atoms with E-state index in [1.165, 1.54) is 19.3 Å². The summed E-state index contributed by atoms with van der Waals surface area (Å²) >= 11 is 0. The van der Waals surface area contributed by atoms with Crippen molar-refractivity contribution in [3.8, 4) is 11.5 Å². The summed E-state index contributed by atoms with van der Waals surface area (Å²) in [5, 5.41) is 10.3. The van der Waals surface area contributed by atoms with Crippen LogP contribution in [0, 0.1) is 0 Å². The molecule has 1 rings (SSSR count). The fourth-order valence-electron chi connectivity index (χ4n) is 1.67.